The van der Waals surface area contributed by atoms with E-state index in [9.17, 15) is 91.1 Å². The van der Waals surface area contributed by atoms with Crippen molar-refractivity contribution < 1.29 is 181 Å². The molecule has 3 fully saturated rings. The Morgan fingerprint density at radius 3 is 0.807 bits per heavy atom. The number of unbranched alkanes of at least 4 members (excludes halogenated alkanes) is 3. The highest BCUT2D eigenvalue weighted by molar-refractivity contribution is 5.80. The summed E-state index contributed by atoms with van der Waals surface area (Å²) in [7, 11) is 0. The molecular formula is C87H134N10O38. The first-order valence-corrected chi connectivity index (χ1v) is 44.6. The SMILES string of the molecule is CC(=O)NC1C(OCCCCC(=O)NCCCNC(=O)CCOCC(COCCC(=O)NCCCNC(=O)CCCCOC2OC(COC(C)=O)C(OC(C)=O)C(OC(C)=O)C2NC(C)=O)(COCCC(=O)NCCCNC(=O)CCCCOC2OC(COC(C)=O)C(OC(C)=O)C(OC(C)=O)C2NC(C)=O)NC(=O)OCc2ccccc2)OC(COC(C)=O)C(OC(C)=O)C1OC(C)=O. The molecule has 3 heterocycles. The Kier molecular flexibility index (Phi) is 55.4. The molecule has 10 N–H and O–H groups in total. The van der Waals surface area contributed by atoms with Crippen molar-refractivity contribution in [2.45, 2.75) is 283 Å². The third-order valence-electron chi connectivity index (χ3n) is 19.6. The van der Waals surface area contributed by atoms with E-state index in [4.69, 9.17) is 90.0 Å². The molecule has 0 radical (unpaired) electrons. The van der Waals surface area contributed by atoms with Crippen molar-refractivity contribution in [3.05, 3.63) is 35.9 Å². The van der Waals surface area contributed by atoms with Crippen molar-refractivity contribution in [3.63, 3.8) is 0 Å². The van der Waals surface area contributed by atoms with Crippen LogP contribution in [0.2, 0.25) is 0 Å². The largest absolute Gasteiger partial charge is 0.463 e. The van der Waals surface area contributed by atoms with Crippen LogP contribution >= 0.6 is 0 Å². The van der Waals surface area contributed by atoms with Gasteiger partial charge in [-0.05, 0) is 63.4 Å². The summed E-state index contributed by atoms with van der Waals surface area (Å²) in [4.78, 5) is 237. The molecular weight excluding hydrogens is 1790 g/mol. The van der Waals surface area contributed by atoms with Crippen LogP contribution in [0.3, 0.4) is 0 Å². The normalized spacial score (nSPS) is 21.5. The Labute approximate surface area is 782 Å². The number of rotatable bonds is 63. The summed E-state index contributed by atoms with van der Waals surface area (Å²) in [6.45, 7) is 11.5. The summed E-state index contributed by atoms with van der Waals surface area (Å²) in [6, 6.07) is 5.22. The number of amides is 10. The first kappa shape index (κ1) is 116. The van der Waals surface area contributed by atoms with Crippen LogP contribution in [0.1, 0.15) is 185 Å². The molecule has 0 saturated carbocycles. The van der Waals surface area contributed by atoms with Gasteiger partial charge in [-0.3, -0.25) is 86.3 Å². The molecule has 1 aromatic carbocycles. The summed E-state index contributed by atoms with van der Waals surface area (Å²) in [6.07, 6.45) is -13.7. The monoisotopic (exact) mass is 1930 g/mol. The number of carbonyl (C=O) groups excluding carboxylic acids is 19. The van der Waals surface area contributed by atoms with Crippen LogP contribution in [0.15, 0.2) is 30.3 Å². The molecule has 15 unspecified atom stereocenters. The van der Waals surface area contributed by atoms with Crippen molar-refractivity contribution in [1.29, 1.82) is 0 Å². The molecule has 0 aromatic heterocycles. The second-order valence-electron chi connectivity index (χ2n) is 31.7. The fourth-order valence-corrected chi connectivity index (χ4v) is 13.7. The average molecular weight is 1930 g/mol. The van der Waals surface area contributed by atoms with E-state index in [2.05, 4.69) is 53.2 Å². The lowest BCUT2D eigenvalue weighted by molar-refractivity contribution is -0.277. The van der Waals surface area contributed by atoms with E-state index in [1.807, 2.05) is 0 Å². The summed E-state index contributed by atoms with van der Waals surface area (Å²) in [5.74, 6) is -10.6. The second-order valence-corrected chi connectivity index (χ2v) is 31.7. The molecule has 3 saturated heterocycles. The van der Waals surface area contributed by atoms with Crippen LogP contribution in [0, 0.1) is 0 Å². The van der Waals surface area contributed by atoms with Gasteiger partial charge in [0.25, 0.3) is 0 Å². The quantitative estimate of drug-likeness (QED) is 0.0218. The molecule has 0 spiro atoms. The van der Waals surface area contributed by atoms with Gasteiger partial charge in [0.05, 0.1) is 39.6 Å². The Hall–Kier alpha value is -11.4. The van der Waals surface area contributed by atoms with E-state index in [0.29, 0.717) is 63.4 Å². The predicted octanol–water partition coefficient (Wildman–Crippen LogP) is -0.732. The molecule has 15 atom stereocenters. The van der Waals surface area contributed by atoms with E-state index in [-0.39, 0.29) is 162 Å². The van der Waals surface area contributed by atoms with Crippen LogP contribution in [-0.2, 0) is 183 Å². The second kappa shape index (κ2) is 64.5. The fraction of sp³-hybridized carbons (Fsp3) is 0.713. The highest BCUT2D eigenvalue weighted by Crippen LogP contribution is 2.32. The molecule has 3 aliphatic rings. The van der Waals surface area contributed by atoms with E-state index in [0.717, 1.165) is 62.3 Å². The van der Waals surface area contributed by atoms with E-state index in [1.54, 1.807) is 30.3 Å². The minimum Gasteiger partial charge on any atom is -0.463 e. The van der Waals surface area contributed by atoms with Gasteiger partial charge in [-0.2, -0.15) is 0 Å². The average Bonchev–Trinajstić information content (AvgIpc) is 0.794. The number of alkyl carbamates (subject to hydrolysis) is 1. The van der Waals surface area contributed by atoms with Crippen molar-refractivity contribution >= 4 is 113 Å². The number of nitrogens with one attached hydrogen (secondary N) is 10. The first-order chi connectivity index (χ1) is 64.2. The van der Waals surface area contributed by atoms with E-state index >= 15 is 0 Å². The topological polar surface area (TPSA) is 620 Å². The first-order valence-electron chi connectivity index (χ1n) is 44.6. The van der Waals surface area contributed by atoms with Gasteiger partial charge in [0.2, 0.25) is 53.2 Å². The van der Waals surface area contributed by atoms with Gasteiger partial charge in [-0.25, -0.2) is 4.79 Å². The van der Waals surface area contributed by atoms with Crippen LogP contribution in [-0.4, -0.2) is 329 Å². The van der Waals surface area contributed by atoms with Gasteiger partial charge in [0, 0.05) is 181 Å². The Balaban J connectivity index is 1.33. The molecule has 760 valence electrons. The zero-order chi connectivity index (χ0) is 99.8. The zero-order valence-electron chi connectivity index (χ0n) is 78.6. The Bertz CT molecular complexity index is 3630. The summed E-state index contributed by atoms with van der Waals surface area (Å²) in [5.41, 5.74) is -0.966. The Morgan fingerprint density at radius 2 is 0.556 bits per heavy atom. The maximum Gasteiger partial charge on any atom is 0.408 e. The van der Waals surface area contributed by atoms with Crippen LogP contribution < -0.4 is 53.2 Å². The molecule has 4 rings (SSSR count). The highest BCUT2D eigenvalue weighted by Gasteiger charge is 2.55. The van der Waals surface area contributed by atoms with Gasteiger partial charge in [0.15, 0.2) is 55.5 Å². The summed E-state index contributed by atoms with van der Waals surface area (Å²) >= 11 is 0. The molecule has 135 heavy (non-hydrogen) atoms. The lowest BCUT2D eigenvalue weighted by atomic mass is 9.96. The fourth-order valence-electron chi connectivity index (χ4n) is 13.7. The van der Waals surface area contributed by atoms with Gasteiger partial charge in [-0.1, -0.05) is 30.3 Å². The van der Waals surface area contributed by atoms with Crippen molar-refractivity contribution in [1.82, 2.24) is 53.2 Å². The van der Waals surface area contributed by atoms with Gasteiger partial charge < -0.3 is 143 Å². The highest BCUT2D eigenvalue weighted by atomic mass is 16.7. The predicted molar refractivity (Wildman–Crippen MR) is 462 cm³/mol. The zero-order valence-corrected chi connectivity index (χ0v) is 78.6. The molecule has 1 aromatic rings. The minimum absolute atomic E-state index is 0.0166. The maximum atomic E-state index is 13.8. The number of ether oxygens (including phenoxy) is 19. The molecule has 48 heteroatoms. The lowest BCUT2D eigenvalue weighted by Gasteiger charge is -2.44. The third-order valence-corrected chi connectivity index (χ3v) is 19.6. The van der Waals surface area contributed by atoms with Crippen LogP contribution in [0.4, 0.5) is 4.79 Å². The van der Waals surface area contributed by atoms with Gasteiger partial charge >= 0.3 is 59.8 Å². The standard InChI is InChI=1S/C87H134N10O38/c1-52(98)94-74-80(130-61(10)107)77(127-58(7)104)65(46-123-55(4)101)133-83(74)120-39-19-16-27-68(110)88-33-22-36-91-71(113)30-42-117-49-87(97-86(116)126-45-64-25-14-13-15-26-64,50-118-43-31-72(114)92-37-23-34-89-69(111)28-17-20-40-121-84-75(95-53(2)99)81(131-62(11)108)78(128-59(8)105)66(134-84)47-124-56(5)102)51-119-44-32-73(115)93-38-24-35-90-70(112)29-18-21-41-122-85-76(96-54(3)100)82(132-63(12)109)79(129-60(9)106)67(135-85)48-125-57(6)103/h13-15,25-26,65-67,74-85H,16-24,27-51H2,1-12H3,(H,88,110)(H,89,111)(H,90,112)(H,91,113)(H,92,114)(H,93,115)(H,94,98)(H,95,99)(H,96,100)(H,97,116). The number of hydrogen-bond donors (Lipinski definition) is 10. The maximum absolute atomic E-state index is 13.8. The molecule has 48 nitrogen and oxygen atoms in total. The van der Waals surface area contributed by atoms with E-state index in [1.165, 1.54) is 20.8 Å². The smallest absolute Gasteiger partial charge is 0.408 e. The number of benzene rings is 1. The number of hydrogen-bond acceptors (Lipinski definition) is 38. The van der Waals surface area contributed by atoms with Gasteiger partial charge in [-0.15, -0.1) is 0 Å². The number of carbonyl (C=O) groups is 19. The summed E-state index contributed by atoms with van der Waals surface area (Å²) < 4.78 is 108. The van der Waals surface area contributed by atoms with Crippen molar-refractivity contribution in [2.75, 3.05) is 119 Å². The molecule has 10 amide bonds. The third kappa shape index (κ3) is 49.6. The van der Waals surface area contributed by atoms with Crippen molar-refractivity contribution in [2.24, 2.45) is 0 Å². The molecule has 0 bridgehead atoms. The lowest BCUT2D eigenvalue weighted by Crippen LogP contribution is -2.66. The number of esters is 9. The summed E-state index contributed by atoms with van der Waals surface area (Å²) in [5, 5.41) is 27.3. The molecule has 3 aliphatic heterocycles. The Morgan fingerprint density at radius 1 is 0.296 bits per heavy atom. The van der Waals surface area contributed by atoms with Crippen LogP contribution in [0.5, 0.6) is 0 Å². The minimum atomic E-state index is -1.61. The van der Waals surface area contributed by atoms with Gasteiger partial charge in [0.1, 0.15) is 68.4 Å². The van der Waals surface area contributed by atoms with Crippen molar-refractivity contribution in [3.8, 4) is 0 Å². The van der Waals surface area contributed by atoms with Crippen LogP contribution in [0.25, 0.3) is 0 Å². The molecule has 0 aliphatic carbocycles. The van der Waals surface area contributed by atoms with E-state index < -0.39 is 213 Å².